The fourth-order valence-corrected chi connectivity index (χ4v) is 2.58. The van der Waals surface area contributed by atoms with Crippen molar-refractivity contribution in [3.8, 4) is 6.07 Å². The van der Waals surface area contributed by atoms with Gasteiger partial charge in [-0.2, -0.15) is 5.26 Å². The second kappa shape index (κ2) is 6.22. The maximum atomic E-state index is 11.9. The molecule has 1 aliphatic heterocycles. The third kappa shape index (κ3) is 2.94. The van der Waals surface area contributed by atoms with E-state index in [-0.39, 0.29) is 11.3 Å². The Kier molecular flexibility index (Phi) is 4.38. The van der Waals surface area contributed by atoms with E-state index >= 15 is 0 Å². The van der Waals surface area contributed by atoms with Crippen LogP contribution in [0.25, 0.3) is 0 Å². The van der Waals surface area contributed by atoms with Gasteiger partial charge in [0.2, 0.25) is 0 Å². The van der Waals surface area contributed by atoms with Gasteiger partial charge < -0.3 is 9.64 Å². The SMILES string of the molecule is COC(=O)C1CCCCN1c1ccc(C#N)cc1[N+](=O)[O-]. The molecule has 0 radical (unpaired) electrons. The van der Waals surface area contributed by atoms with Crippen molar-refractivity contribution < 1.29 is 14.5 Å². The van der Waals surface area contributed by atoms with Crippen LogP contribution in [-0.4, -0.2) is 30.6 Å². The fourth-order valence-electron chi connectivity index (χ4n) is 2.58. The number of ether oxygens (including phenoxy) is 1. The molecule has 1 atom stereocenters. The van der Waals surface area contributed by atoms with Crippen molar-refractivity contribution in [3.63, 3.8) is 0 Å². The minimum Gasteiger partial charge on any atom is -0.467 e. The van der Waals surface area contributed by atoms with Gasteiger partial charge in [-0.3, -0.25) is 10.1 Å². The molecule has 0 aromatic heterocycles. The lowest BCUT2D eigenvalue weighted by atomic mass is 10.0. The van der Waals surface area contributed by atoms with Crippen LogP contribution in [-0.2, 0) is 9.53 Å². The van der Waals surface area contributed by atoms with Crippen molar-refractivity contribution in [2.75, 3.05) is 18.6 Å². The molecule has 1 aromatic rings. The number of methoxy groups -OCH3 is 1. The number of piperidine rings is 1. The number of benzene rings is 1. The minimum absolute atomic E-state index is 0.162. The Hall–Kier alpha value is -2.62. The molecule has 1 heterocycles. The average molecular weight is 289 g/mol. The third-order valence-corrected chi connectivity index (χ3v) is 3.59. The van der Waals surface area contributed by atoms with E-state index in [0.29, 0.717) is 18.7 Å². The van der Waals surface area contributed by atoms with Crippen molar-refractivity contribution in [2.24, 2.45) is 0 Å². The normalized spacial score (nSPS) is 17.9. The highest BCUT2D eigenvalue weighted by molar-refractivity contribution is 5.82. The summed E-state index contributed by atoms with van der Waals surface area (Å²) in [6.45, 7) is 0.548. The number of hydrogen-bond donors (Lipinski definition) is 0. The topological polar surface area (TPSA) is 96.5 Å². The van der Waals surface area contributed by atoms with Crippen LogP contribution >= 0.6 is 0 Å². The van der Waals surface area contributed by atoms with E-state index < -0.39 is 16.9 Å². The number of anilines is 1. The zero-order chi connectivity index (χ0) is 15.4. The summed E-state index contributed by atoms with van der Waals surface area (Å²) in [4.78, 5) is 24.3. The van der Waals surface area contributed by atoms with Gasteiger partial charge in [-0.25, -0.2) is 4.79 Å². The minimum atomic E-state index is -0.529. The van der Waals surface area contributed by atoms with Crippen LogP contribution in [0, 0.1) is 21.4 Å². The molecule has 2 rings (SSSR count). The van der Waals surface area contributed by atoms with Crippen molar-refractivity contribution in [1.82, 2.24) is 0 Å². The highest BCUT2D eigenvalue weighted by Gasteiger charge is 2.33. The van der Waals surface area contributed by atoms with Gasteiger partial charge in [0.1, 0.15) is 11.7 Å². The molecule has 1 aliphatic rings. The van der Waals surface area contributed by atoms with Crippen molar-refractivity contribution in [3.05, 3.63) is 33.9 Å². The zero-order valence-electron chi connectivity index (χ0n) is 11.6. The van der Waals surface area contributed by atoms with Gasteiger partial charge in [-0.05, 0) is 31.4 Å². The highest BCUT2D eigenvalue weighted by Crippen LogP contribution is 2.33. The number of nitriles is 1. The molecule has 21 heavy (non-hydrogen) atoms. The number of nitro benzene ring substituents is 1. The molecule has 0 saturated carbocycles. The van der Waals surface area contributed by atoms with E-state index in [1.165, 1.54) is 25.3 Å². The number of rotatable bonds is 3. The standard InChI is InChI=1S/C14H15N3O4/c1-21-14(18)12-4-2-3-7-16(12)11-6-5-10(9-15)8-13(11)17(19)20/h5-6,8,12H,2-4,7H2,1H3. The van der Waals surface area contributed by atoms with Gasteiger partial charge in [0.15, 0.2) is 0 Å². The summed E-state index contributed by atoms with van der Waals surface area (Å²) in [7, 11) is 1.31. The maximum Gasteiger partial charge on any atom is 0.328 e. The maximum absolute atomic E-state index is 11.9. The summed E-state index contributed by atoms with van der Waals surface area (Å²) >= 11 is 0. The number of nitro groups is 1. The molecule has 0 amide bonds. The Bertz CT molecular complexity index is 609. The lowest BCUT2D eigenvalue weighted by molar-refractivity contribution is -0.384. The zero-order valence-corrected chi connectivity index (χ0v) is 11.6. The van der Waals surface area contributed by atoms with Crippen LogP contribution in [0.3, 0.4) is 0 Å². The molecular weight excluding hydrogens is 274 g/mol. The molecule has 0 N–H and O–H groups in total. The fraction of sp³-hybridized carbons (Fsp3) is 0.429. The molecular formula is C14H15N3O4. The van der Waals surface area contributed by atoms with Gasteiger partial charge in [-0.1, -0.05) is 0 Å². The Morgan fingerprint density at radius 1 is 1.52 bits per heavy atom. The molecule has 1 saturated heterocycles. The first kappa shape index (κ1) is 14.8. The summed E-state index contributed by atoms with van der Waals surface area (Å²) < 4.78 is 4.78. The molecule has 110 valence electrons. The van der Waals surface area contributed by atoms with Gasteiger partial charge >= 0.3 is 5.97 Å². The summed E-state index contributed by atoms with van der Waals surface area (Å²) in [5.74, 6) is -0.395. The summed E-state index contributed by atoms with van der Waals surface area (Å²) in [6.07, 6.45) is 2.33. The van der Waals surface area contributed by atoms with Crippen molar-refractivity contribution in [1.29, 1.82) is 5.26 Å². The summed E-state index contributed by atoms with van der Waals surface area (Å²) in [6, 6.07) is 5.64. The van der Waals surface area contributed by atoms with E-state index in [2.05, 4.69) is 0 Å². The second-order valence-electron chi connectivity index (χ2n) is 4.80. The number of nitrogens with zero attached hydrogens (tertiary/aromatic N) is 3. The second-order valence-corrected chi connectivity index (χ2v) is 4.80. The predicted octanol–water partition coefficient (Wildman–Crippen LogP) is 2.00. The molecule has 0 bridgehead atoms. The third-order valence-electron chi connectivity index (χ3n) is 3.59. The smallest absolute Gasteiger partial charge is 0.328 e. The largest absolute Gasteiger partial charge is 0.467 e. The summed E-state index contributed by atoms with van der Waals surface area (Å²) in [5.41, 5.74) is 0.413. The van der Waals surface area contributed by atoms with Crippen molar-refractivity contribution in [2.45, 2.75) is 25.3 Å². The monoisotopic (exact) mass is 289 g/mol. The van der Waals surface area contributed by atoms with Crippen LogP contribution in [0.2, 0.25) is 0 Å². The molecule has 0 spiro atoms. The van der Waals surface area contributed by atoms with E-state index in [1.807, 2.05) is 6.07 Å². The van der Waals surface area contributed by atoms with E-state index in [1.54, 1.807) is 4.90 Å². The van der Waals surface area contributed by atoms with Gasteiger partial charge in [0.25, 0.3) is 5.69 Å². The van der Waals surface area contributed by atoms with Crippen molar-refractivity contribution >= 4 is 17.3 Å². The predicted molar refractivity (Wildman–Crippen MR) is 74.8 cm³/mol. The first-order valence-corrected chi connectivity index (χ1v) is 6.61. The van der Waals surface area contributed by atoms with Gasteiger partial charge in [0, 0.05) is 12.6 Å². The highest BCUT2D eigenvalue weighted by atomic mass is 16.6. The number of carbonyl (C=O) groups excluding carboxylic acids is 1. The van der Waals surface area contributed by atoms with E-state index in [0.717, 1.165) is 12.8 Å². The van der Waals surface area contributed by atoms with Gasteiger partial charge in [-0.15, -0.1) is 0 Å². The Labute approximate surface area is 121 Å². The number of hydrogen-bond acceptors (Lipinski definition) is 6. The van der Waals surface area contributed by atoms with Gasteiger partial charge in [0.05, 0.1) is 23.7 Å². The molecule has 7 heteroatoms. The number of esters is 1. The van der Waals surface area contributed by atoms with E-state index in [9.17, 15) is 14.9 Å². The first-order chi connectivity index (χ1) is 10.1. The van der Waals surface area contributed by atoms with Crippen LogP contribution in [0.1, 0.15) is 24.8 Å². The molecule has 1 aromatic carbocycles. The van der Waals surface area contributed by atoms with E-state index in [4.69, 9.17) is 10.00 Å². The lowest BCUT2D eigenvalue weighted by Gasteiger charge is -2.35. The van der Waals surface area contributed by atoms with Crippen LogP contribution in [0.4, 0.5) is 11.4 Å². The number of carbonyl (C=O) groups is 1. The Morgan fingerprint density at radius 3 is 2.90 bits per heavy atom. The Morgan fingerprint density at radius 2 is 2.29 bits per heavy atom. The molecule has 1 fully saturated rings. The molecule has 7 nitrogen and oxygen atoms in total. The quantitative estimate of drug-likeness (QED) is 0.479. The molecule has 1 unspecified atom stereocenters. The molecule has 0 aliphatic carbocycles. The summed E-state index contributed by atoms with van der Waals surface area (Å²) in [5, 5.41) is 20.1. The van der Waals surface area contributed by atoms with Crippen LogP contribution in [0.15, 0.2) is 18.2 Å². The lowest BCUT2D eigenvalue weighted by Crippen LogP contribution is -2.45. The Balaban J connectivity index is 2.45. The van der Waals surface area contributed by atoms with Crippen LogP contribution in [0.5, 0.6) is 0 Å². The first-order valence-electron chi connectivity index (χ1n) is 6.61. The average Bonchev–Trinajstić information content (AvgIpc) is 2.53. The van der Waals surface area contributed by atoms with Crippen LogP contribution < -0.4 is 4.90 Å².